The molecule has 0 spiro atoms. The van der Waals surface area contributed by atoms with Gasteiger partial charge < -0.3 is 5.73 Å². The van der Waals surface area contributed by atoms with E-state index < -0.39 is 0 Å². The fraction of sp³-hybridized carbons (Fsp3) is 0.571. The summed E-state index contributed by atoms with van der Waals surface area (Å²) in [5.41, 5.74) is 4.86. The highest BCUT2D eigenvalue weighted by Crippen LogP contribution is 1.51. The number of rotatable bonds is 1. The zero-order valence-corrected chi connectivity index (χ0v) is 7.53. The molecule has 0 rings (SSSR count). The standard InChI is InChI=1S/C3H5NS.2C2H6/c4-2-1-3-5;2*1-2/h1-3H,4H2;2*1-2H3/b2-1-;;. The first kappa shape index (κ1) is 15.9. The molecule has 56 valence electrons. The Kier molecular flexibility index (Phi) is 85.4. The molecule has 1 nitrogen and oxygen atoms in total. The predicted octanol–water partition coefficient (Wildman–Crippen LogP) is 2.51. The summed E-state index contributed by atoms with van der Waals surface area (Å²) in [7, 11) is 0. The van der Waals surface area contributed by atoms with Crippen LogP contribution in [0.1, 0.15) is 27.7 Å². The molecule has 0 aromatic carbocycles. The van der Waals surface area contributed by atoms with Crippen LogP contribution in [0.4, 0.5) is 0 Å². The van der Waals surface area contributed by atoms with E-state index in [9.17, 15) is 0 Å². The Morgan fingerprint density at radius 3 is 1.44 bits per heavy atom. The smallest absolute Gasteiger partial charge is 0.00277 e. The van der Waals surface area contributed by atoms with Gasteiger partial charge in [-0.15, -0.1) is 0 Å². The van der Waals surface area contributed by atoms with Gasteiger partial charge in [-0.2, -0.15) is 0 Å². The molecule has 0 aliphatic heterocycles. The van der Waals surface area contributed by atoms with Crippen LogP contribution in [0.2, 0.25) is 0 Å². The molecule has 0 unspecified atom stereocenters. The van der Waals surface area contributed by atoms with Gasteiger partial charge in [-0.05, 0) is 12.3 Å². The minimum atomic E-state index is 1.40. The van der Waals surface area contributed by atoms with Crippen molar-refractivity contribution in [1.29, 1.82) is 0 Å². The number of allylic oxidation sites excluding steroid dienone is 1. The molecule has 0 saturated carbocycles. The highest BCUT2D eigenvalue weighted by molar-refractivity contribution is 7.79. The fourth-order valence-electron chi connectivity index (χ4n) is 0.0454. The second kappa shape index (κ2) is 48.5. The van der Waals surface area contributed by atoms with Crippen molar-refractivity contribution < 1.29 is 0 Å². The highest BCUT2D eigenvalue weighted by atomic mass is 32.1. The van der Waals surface area contributed by atoms with E-state index in [0.717, 1.165) is 0 Å². The van der Waals surface area contributed by atoms with Crippen molar-refractivity contribution >= 4 is 17.6 Å². The summed E-state index contributed by atoms with van der Waals surface area (Å²) in [5, 5.41) is 1.46. The summed E-state index contributed by atoms with van der Waals surface area (Å²) in [6.07, 6.45) is 2.99. The minimum Gasteiger partial charge on any atom is -0.405 e. The first-order valence-corrected chi connectivity index (χ1v) is 3.71. The quantitative estimate of drug-likeness (QED) is 0.455. The number of hydrogen-bond acceptors (Lipinski definition) is 2. The van der Waals surface area contributed by atoms with Gasteiger partial charge in [0, 0.05) is 5.37 Å². The lowest BCUT2D eigenvalue weighted by atomic mass is 10.7. The zero-order chi connectivity index (χ0) is 8.12. The Morgan fingerprint density at radius 2 is 1.44 bits per heavy atom. The third-order valence-corrected chi connectivity index (χ3v) is 0.347. The minimum absolute atomic E-state index is 1.40. The lowest BCUT2D eigenvalue weighted by Crippen LogP contribution is -1.73. The molecule has 0 atom stereocenters. The van der Waals surface area contributed by atoms with Crippen LogP contribution in [0, 0.1) is 0 Å². The molecule has 0 aliphatic carbocycles. The van der Waals surface area contributed by atoms with Crippen molar-refractivity contribution in [3.05, 3.63) is 12.3 Å². The van der Waals surface area contributed by atoms with Crippen molar-refractivity contribution in [3.8, 4) is 0 Å². The largest absolute Gasteiger partial charge is 0.405 e. The van der Waals surface area contributed by atoms with E-state index in [4.69, 9.17) is 5.73 Å². The molecule has 0 aromatic heterocycles. The first-order chi connectivity index (χ1) is 4.41. The summed E-state index contributed by atoms with van der Waals surface area (Å²) in [6.45, 7) is 8.00. The summed E-state index contributed by atoms with van der Waals surface area (Å²) in [6, 6.07) is 0. The molecule has 0 heterocycles. The second-order valence-corrected chi connectivity index (χ2v) is 0.793. The van der Waals surface area contributed by atoms with Crippen molar-refractivity contribution in [3.63, 3.8) is 0 Å². The Bertz CT molecular complexity index is 50.9. The van der Waals surface area contributed by atoms with Gasteiger partial charge in [0.1, 0.15) is 0 Å². The lowest BCUT2D eigenvalue weighted by molar-refractivity contribution is 1.50. The van der Waals surface area contributed by atoms with Gasteiger partial charge in [0.25, 0.3) is 0 Å². The average Bonchev–Trinajstić information content (AvgIpc) is 1.98. The summed E-state index contributed by atoms with van der Waals surface area (Å²) < 4.78 is 0. The van der Waals surface area contributed by atoms with E-state index in [0.29, 0.717) is 0 Å². The Labute approximate surface area is 63.9 Å². The number of thiocarbonyl (C=S) groups is 1. The van der Waals surface area contributed by atoms with Gasteiger partial charge in [0.05, 0.1) is 0 Å². The van der Waals surface area contributed by atoms with Crippen molar-refractivity contribution in [2.24, 2.45) is 5.73 Å². The van der Waals surface area contributed by atoms with Gasteiger partial charge in [-0.3, -0.25) is 0 Å². The van der Waals surface area contributed by atoms with Crippen LogP contribution >= 0.6 is 12.2 Å². The molecule has 0 amide bonds. The van der Waals surface area contributed by atoms with Crippen LogP contribution in [0.25, 0.3) is 0 Å². The summed E-state index contributed by atoms with van der Waals surface area (Å²) in [4.78, 5) is 0. The normalized spacial score (nSPS) is 6.22. The zero-order valence-electron chi connectivity index (χ0n) is 6.72. The Morgan fingerprint density at radius 1 is 1.11 bits per heavy atom. The van der Waals surface area contributed by atoms with Crippen molar-refractivity contribution in [2.45, 2.75) is 27.7 Å². The topological polar surface area (TPSA) is 26.0 Å². The van der Waals surface area contributed by atoms with Gasteiger partial charge in [-0.1, -0.05) is 39.9 Å². The van der Waals surface area contributed by atoms with Crippen molar-refractivity contribution in [2.75, 3.05) is 0 Å². The fourth-order valence-corrected chi connectivity index (χ4v) is 0.136. The monoisotopic (exact) mass is 147 g/mol. The molecule has 0 bridgehead atoms. The average molecular weight is 147 g/mol. The van der Waals surface area contributed by atoms with Gasteiger partial charge in [0.15, 0.2) is 0 Å². The van der Waals surface area contributed by atoms with Crippen molar-refractivity contribution in [1.82, 2.24) is 0 Å². The SMILES string of the molecule is CC.CC.N/C=C\C=S. The van der Waals surface area contributed by atoms with Crippen LogP contribution in [0.5, 0.6) is 0 Å². The van der Waals surface area contributed by atoms with E-state index in [1.165, 1.54) is 11.6 Å². The molecular formula is C7H17NS. The second-order valence-electron chi connectivity index (χ2n) is 0.521. The van der Waals surface area contributed by atoms with E-state index in [1.54, 1.807) is 6.08 Å². The van der Waals surface area contributed by atoms with Crippen LogP contribution < -0.4 is 5.73 Å². The third-order valence-electron chi connectivity index (χ3n) is 0.190. The molecule has 0 saturated heterocycles. The Hall–Kier alpha value is -0.370. The highest BCUT2D eigenvalue weighted by Gasteiger charge is 1.43. The molecule has 0 fully saturated rings. The first-order valence-electron chi connectivity index (χ1n) is 3.24. The number of hydrogen-bond donors (Lipinski definition) is 1. The van der Waals surface area contributed by atoms with E-state index in [2.05, 4.69) is 12.2 Å². The molecule has 0 aromatic rings. The number of nitrogens with two attached hydrogens (primary N) is 1. The van der Waals surface area contributed by atoms with Gasteiger partial charge in [-0.25, -0.2) is 0 Å². The molecule has 2 N–H and O–H groups in total. The van der Waals surface area contributed by atoms with Gasteiger partial charge in [0.2, 0.25) is 0 Å². The molecule has 0 aliphatic rings. The molecule has 9 heavy (non-hydrogen) atoms. The molecular weight excluding hydrogens is 130 g/mol. The Balaban J connectivity index is -0.0000000771. The van der Waals surface area contributed by atoms with Gasteiger partial charge >= 0.3 is 0 Å². The van der Waals surface area contributed by atoms with Crippen LogP contribution in [0.15, 0.2) is 12.3 Å². The van der Waals surface area contributed by atoms with E-state index in [1.807, 2.05) is 27.7 Å². The third kappa shape index (κ3) is 91.0. The lowest BCUT2D eigenvalue weighted by Gasteiger charge is -1.56. The summed E-state index contributed by atoms with van der Waals surface area (Å²) >= 11 is 4.36. The molecule has 0 radical (unpaired) electrons. The van der Waals surface area contributed by atoms with E-state index >= 15 is 0 Å². The predicted molar refractivity (Wildman–Crippen MR) is 49.7 cm³/mol. The maximum atomic E-state index is 4.86. The van der Waals surface area contributed by atoms with Crippen LogP contribution in [-0.2, 0) is 0 Å². The summed E-state index contributed by atoms with van der Waals surface area (Å²) in [5.74, 6) is 0. The van der Waals surface area contributed by atoms with Crippen LogP contribution in [0.3, 0.4) is 0 Å². The molecule has 2 heteroatoms. The maximum absolute atomic E-state index is 4.86. The van der Waals surface area contributed by atoms with E-state index in [-0.39, 0.29) is 0 Å². The maximum Gasteiger partial charge on any atom is 0.00277 e. The van der Waals surface area contributed by atoms with Crippen LogP contribution in [-0.4, -0.2) is 5.37 Å².